The number of H-pyrrole nitrogens is 1. The zero-order valence-electron chi connectivity index (χ0n) is 18.6. The molecule has 172 valence electrons. The zero-order valence-corrected chi connectivity index (χ0v) is 18.6. The number of benzene rings is 2. The van der Waals surface area contributed by atoms with Crippen LogP contribution in [-0.4, -0.2) is 72.0 Å². The molecule has 4 rings (SSSR count). The number of hydrogen-bond donors (Lipinski definition) is 3. The maximum atomic E-state index is 12.8. The van der Waals surface area contributed by atoms with Crippen molar-refractivity contribution in [3.63, 3.8) is 0 Å². The van der Waals surface area contributed by atoms with Crippen LogP contribution in [-0.2, 0) is 4.79 Å². The smallest absolute Gasteiger partial charge is 0.318 e. The molecule has 2 heterocycles. The number of carbonyl (C=O) groups is 3. The topological polar surface area (TPSA) is 107 Å². The predicted octanol–water partition coefficient (Wildman–Crippen LogP) is 2.67. The Morgan fingerprint density at radius 1 is 0.970 bits per heavy atom. The molecule has 4 amide bonds. The predicted molar refractivity (Wildman–Crippen MR) is 125 cm³/mol. The van der Waals surface area contributed by atoms with Crippen LogP contribution in [0.3, 0.4) is 0 Å². The van der Waals surface area contributed by atoms with Gasteiger partial charge in [0.25, 0.3) is 5.91 Å². The molecule has 1 aromatic heterocycles. The van der Waals surface area contributed by atoms with E-state index in [9.17, 15) is 14.4 Å². The van der Waals surface area contributed by atoms with Gasteiger partial charge >= 0.3 is 6.03 Å². The minimum Gasteiger partial charge on any atom is -0.497 e. The third-order valence-electron chi connectivity index (χ3n) is 5.71. The monoisotopic (exact) mass is 449 g/mol. The van der Waals surface area contributed by atoms with Crippen molar-refractivity contribution in [3.8, 4) is 5.75 Å². The first-order valence-corrected chi connectivity index (χ1v) is 10.8. The summed E-state index contributed by atoms with van der Waals surface area (Å²) in [5, 5.41) is 6.48. The minimum atomic E-state index is -0.717. The van der Waals surface area contributed by atoms with Crippen molar-refractivity contribution in [1.29, 1.82) is 0 Å². The van der Waals surface area contributed by atoms with E-state index < -0.39 is 6.04 Å². The number of para-hydroxylation sites is 1. The first-order valence-electron chi connectivity index (χ1n) is 10.8. The van der Waals surface area contributed by atoms with Crippen LogP contribution >= 0.6 is 0 Å². The number of carbonyl (C=O) groups excluding carboxylic acids is 3. The van der Waals surface area contributed by atoms with Crippen LogP contribution in [0.4, 0.5) is 10.5 Å². The van der Waals surface area contributed by atoms with Crippen molar-refractivity contribution in [2.45, 2.75) is 13.0 Å². The number of piperazine rings is 1. The van der Waals surface area contributed by atoms with Gasteiger partial charge in [0.15, 0.2) is 0 Å². The third-order valence-corrected chi connectivity index (χ3v) is 5.71. The summed E-state index contributed by atoms with van der Waals surface area (Å²) in [4.78, 5) is 44.4. The molecule has 0 spiro atoms. The first kappa shape index (κ1) is 22.2. The molecule has 0 bridgehead atoms. The van der Waals surface area contributed by atoms with Gasteiger partial charge < -0.3 is 30.2 Å². The standard InChI is InChI=1S/C24H27N5O4/c1-16(22(30)26-18-7-9-19(33-2)10-8-18)25-24(32)29-13-11-28(12-14-29)23(31)21-15-17-5-3-4-6-20(17)27-21/h3-10,15-16,27H,11-14H2,1-2H3,(H,25,32)(H,26,30). The van der Waals surface area contributed by atoms with Crippen molar-refractivity contribution < 1.29 is 19.1 Å². The van der Waals surface area contributed by atoms with E-state index in [0.717, 1.165) is 10.9 Å². The second-order valence-corrected chi connectivity index (χ2v) is 7.94. The van der Waals surface area contributed by atoms with E-state index in [1.807, 2.05) is 30.3 Å². The van der Waals surface area contributed by atoms with E-state index in [2.05, 4.69) is 15.6 Å². The van der Waals surface area contributed by atoms with Crippen molar-refractivity contribution in [3.05, 3.63) is 60.3 Å². The molecule has 1 aliphatic rings. The summed E-state index contributed by atoms with van der Waals surface area (Å²) in [5.41, 5.74) is 2.07. The molecule has 3 aromatic rings. The van der Waals surface area contributed by atoms with Crippen molar-refractivity contribution in [2.75, 3.05) is 38.6 Å². The van der Waals surface area contributed by atoms with Crippen molar-refractivity contribution in [1.82, 2.24) is 20.1 Å². The summed E-state index contributed by atoms with van der Waals surface area (Å²) >= 11 is 0. The number of fused-ring (bicyclic) bond motifs is 1. The van der Waals surface area contributed by atoms with Gasteiger partial charge in [0.1, 0.15) is 17.5 Å². The molecule has 1 unspecified atom stereocenters. The second kappa shape index (κ2) is 9.64. The molecule has 0 radical (unpaired) electrons. The zero-order chi connectivity index (χ0) is 23.4. The number of nitrogens with one attached hydrogen (secondary N) is 3. The van der Waals surface area contributed by atoms with Gasteiger partial charge in [-0.25, -0.2) is 4.79 Å². The lowest BCUT2D eigenvalue weighted by Crippen LogP contribution is -2.55. The highest BCUT2D eigenvalue weighted by Crippen LogP contribution is 2.17. The minimum absolute atomic E-state index is 0.0847. The summed E-state index contributed by atoms with van der Waals surface area (Å²) in [5.74, 6) is 0.288. The number of aromatic amines is 1. The number of methoxy groups -OCH3 is 1. The first-order chi connectivity index (χ1) is 15.9. The lowest BCUT2D eigenvalue weighted by molar-refractivity contribution is -0.117. The van der Waals surface area contributed by atoms with Crippen molar-refractivity contribution in [2.24, 2.45) is 0 Å². The Bertz CT molecular complexity index is 1120. The van der Waals surface area contributed by atoms with Gasteiger partial charge in [-0.15, -0.1) is 0 Å². The summed E-state index contributed by atoms with van der Waals surface area (Å²) < 4.78 is 5.10. The van der Waals surface area contributed by atoms with Gasteiger partial charge in [0.05, 0.1) is 7.11 Å². The normalized spacial score (nSPS) is 14.6. The highest BCUT2D eigenvalue weighted by Gasteiger charge is 2.27. The molecule has 0 aliphatic carbocycles. The Balaban J connectivity index is 1.26. The van der Waals surface area contributed by atoms with Crippen LogP contribution in [0.1, 0.15) is 17.4 Å². The van der Waals surface area contributed by atoms with Gasteiger partial charge in [0, 0.05) is 42.8 Å². The third kappa shape index (κ3) is 5.08. The van der Waals surface area contributed by atoms with Crippen LogP contribution in [0, 0.1) is 0 Å². The summed E-state index contributed by atoms with van der Waals surface area (Å²) in [6.07, 6.45) is 0. The summed E-state index contributed by atoms with van der Waals surface area (Å²) in [6, 6.07) is 15.5. The van der Waals surface area contributed by atoms with E-state index in [4.69, 9.17) is 4.74 Å². The molecular weight excluding hydrogens is 422 g/mol. The number of rotatable bonds is 5. The molecule has 9 heteroatoms. The largest absolute Gasteiger partial charge is 0.497 e. The molecule has 1 aliphatic heterocycles. The number of ether oxygens (including phenoxy) is 1. The highest BCUT2D eigenvalue weighted by atomic mass is 16.5. The fourth-order valence-corrected chi connectivity index (χ4v) is 3.74. The van der Waals surface area contributed by atoms with Crippen molar-refractivity contribution >= 4 is 34.4 Å². The molecule has 0 saturated carbocycles. The molecule has 2 aromatic carbocycles. The van der Waals surface area contributed by atoms with Crippen LogP contribution in [0.5, 0.6) is 5.75 Å². The van der Waals surface area contributed by atoms with Crippen LogP contribution in [0.25, 0.3) is 10.9 Å². The van der Waals surface area contributed by atoms with E-state index in [1.165, 1.54) is 0 Å². The molecule has 1 fully saturated rings. The Labute approximate surface area is 191 Å². The van der Waals surface area contributed by atoms with E-state index in [-0.39, 0.29) is 17.8 Å². The van der Waals surface area contributed by atoms with Crippen LogP contribution in [0.15, 0.2) is 54.6 Å². The maximum absolute atomic E-state index is 12.8. The fourth-order valence-electron chi connectivity index (χ4n) is 3.74. The van der Waals surface area contributed by atoms with Crippen LogP contribution < -0.4 is 15.4 Å². The van der Waals surface area contributed by atoms with Gasteiger partial charge in [-0.3, -0.25) is 9.59 Å². The lowest BCUT2D eigenvalue weighted by atomic mass is 10.2. The van der Waals surface area contributed by atoms with Gasteiger partial charge in [0.2, 0.25) is 5.91 Å². The van der Waals surface area contributed by atoms with E-state index >= 15 is 0 Å². The quantitative estimate of drug-likeness (QED) is 0.557. The Hall–Kier alpha value is -4.01. The second-order valence-electron chi connectivity index (χ2n) is 7.94. The Morgan fingerprint density at radius 3 is 2.30 bits per heavy atom. The summed E-state index contributed by atoms with van der Waals surface area (Å²) in [6.45, 7) is 3.27. The average Bonchev–Trinajstić information content (AvgIpc) is 3.28. The number of aromatic nitrogens is 1. The number of anilines is 1. The van der Waals surface area contributed by atoms with Crippen LogP contribution in [0.2, 0.25) is 0 Å². The maximum Gasteiger partial charge on any atom is 0.318 e. The number of nitrogens with zero attached hydrogens (tertiary/aromatic N) is 2. The van der Waals surface area contributed by atoms with E-state index in [1.54, 1.807) is 48.1 Å². The highest BCUT2D eigenvalue weighted by molar-refractivity contribution is 5.98. The Kier molecular flexibility index (Phi) is 6.48. The molecule has 1 atom stereocenters. The van der Waals surface area contributed by atoms with Gasteiger partial charge in [-0.1, -0.05) is 18.2 Å². The fraction of sp³-hybridized carbons (Fsp3) is 0.292. The molecule has 3 N–H and O–H groups in total. The molecule has 1 saturated heterocycles. The molecule has 9 nitrogen and oxygen atoms in total. The van der Waals surface area contributed by atoms with E-state index in [0.29, 0.717) is 43.3 Å². The molecular formula is C24H27N5O4. The number of hydrogen-bond acceptors (Lipinski definition) is 4. The molecule has 33 heavy (non-hydrogen) atoms. The van der Waals surface area contributed by atoms with Gasteiger partial charge in [-0.2, -0.15) is 0 Å². The Morgan fingerprint density at radius 2 is 1.64 bits per heavy atom. The summed E-state index contributed by atoms with van der Waals surface area (Å²) in [7, 11) is 1.57. The average molecular weight is 450 g/mol. The number of urea groups is 1. The van der Waals surface area contributed by atoms with Gasteiger partial charge in [-0.05, 0) is 43.3 Å². The number of amides is 4. The SMILES string of the molecule is COc1ccc(NC(=O)C(C)NC(=O)N2CCN(C(=O)c3cc4ccccc4[nH]3)CC2)cc1. The lowest BCUT2D eigenvalue weighted by Gasteiger charge is -2.35.